The number of nitrogens with zero attached hydrogens (tertiary/aromatic N) is 2. The van der Waals surface area contributed by atoms with Gasteiger partial charge in [0.05, 0.1) is 17.8 Å². The molecule has 2 atom stereocenters. The number of rotatable bonds is 4. The van der Waals surface area contributed by atoms with Gasteiger partial charge in [0.15, 0.2) is 0 Å². The van der Waals surface area contributed by atoms with Gasteiger partial charge in [-0.25, -0.2) is 4.98 Å². The van der Waals surface area contributed by atoms with E-state index in [-0.39, 0.29) is 29.5 Å². The summed E-state index contributed by atoms with van der Waals surface area (Å²) in [6.45, 7) is 3.82. The van der Waals surface area contributed by atoms with Gasteiger partial charge in [-0.15, -0.1) is 0 Å². The van der Waals surface area contributed by atoms with Crippen molar-refractivity contribution in [2.75, 3.05) is 5.32 Å². The zero-order valence-electron chi connectivity index (χ0n) is 14.5. The number of aryl methyl sites for hydroxylation is 2. The summed E-state index contributed by atoms with van der Waals surface area (Å²) < 4.78 is 0. The number of carbonyl (C=O) groups excluding carboxylic acids is 2. The molecule has 1 aromatic heterocycles. The first-order chi connectivity index (χ1) is 12.0. The third-order valence-electron chi connectivity index (χ3n) is 4.50. The van der Waals surface area contributed by atoms with Crippen LogP contribution in [0.1, 0.15) is 41.0 Å². The lowest BCUT2D eigenvalue weighted by Gasteiger charge is -2.20. The summed E-state index contributed by atoms with van der Waals surface area (Å²) >= 11 is 0. The predicted molar refractivity (Wildman–Crippen MR) is 95.2 cm³/mol. The standard InChI is InChI=1S/C19H22N4O2/c1-12-6-8-14(9-7-12)22-18(24)15-4-3-5-16(15)23-19(25)17-11-20-13(2)10-21-17/h6-11,15-16H,3-5H2,1-2H3,(H,22,24)(H,23,25)/t15-,16+/m0/s1. The number of hydrogen-bond donors (Lipinski definition) is 2. The van der Waals surface area contributed by atoms with Gasteiger partial charge in [-0.2, -0.15) is 0 Å². The second-order valence-corrected chi connectivity index (χ2v) is 6.52. The van der Waals surface area contributed by atoms with Crippen LogP contribution in [0, 0.1) is 19.8 Å². The Morgan fingerprint density at radius 2 is 1.80 bits per heavy atom. The molecule has 1 aromatic carbocycles. The number of anilines is 1. The largest absolute Gasteiger partial charge is 0.347 e. The molecular weight excluding hydrogens is 316 g/mol. The molecule has 1 aliphatic carbocycles. The highest BCUT2D eigenvalue weighted by Gasteiger charge is 2.34. The molecule has 1 aliphatic rings. The maximum Gasteiger partial charge on any atom is 0.271 e. The van der Waals surface area contributed by atoms with E-state index in [1.165, 1.54) is 6.20 Å². The molecule has 2 amide bonds. The molecule has 0 saturated heterocycles. The van der Waals surface area contributed by atoms with E-state index in [4.69, 9.17) is 0 Å². The van der Waals surface area contributed by atoms with Gasteiger partial charge >= 0.3 is 0 Å². The normalized spacial score (nSPS) is 19.4. The van der Waals surface area contributed by atoms with Crippen LogP contribution in [0.3, 0.4) is 0 Å². The second-order valence-electron chi connectivity index (χ2n) is 6.52. The molecule has 130 valence electrons. The predicted octanol–water partition coefficient (Wildman–Crippen LogP) is 2.63. The molecule has 6 heteroatoms. The number of carbonyl (C=O) groups is 2. The first kappa shape index (κ1) is 17.1. The van der Waals surface area contributed by atoms with Gasteiger partial charge in [-0.05, 0) is 38.8 Å². The Kier molecular flexibility index (Phi) is 5.07. The fourth-order valence-corrected chi connectivity index (χ4v) is 3.07. The SMILES string of the molecule is Cc1ccc(NC(=O)[C@H]2CCC[C@H]2NC(=O)c2cnc(C)cn2)cc1. The van der Waals surface area contributed by atoms with Gasteiger partial charge in [0.1, 0.15) is 5.69 Å². The molecule has 1 saturated carbocycles. The Labute approximate surface area is 147 Å². The van der Waals surface area contributed by atoms with Crippen LogP contribution in [0.4, 0.5) is 5.69 Å². The van der Waals surface area contributed by atoms with Crippen molar-refractivity contribution in [1.82, 2.24) is 15.3 Å². The van der Waals surface area contributed by atoms with E-state index in [0.29, 0.717) is 0 Å². The minimum Gasteiger partial charge on any atom is -0.347 e. The summed E-state index contributed by atoms with van der Waals surface area (Å²) in [4.78, 5) is 33.1. The number of hydrogen-bond acceptors (Lipinski definition) is 4. The zero-order chi connectivity index (χ0) is 17.8. The van der Waals surface area contributed by atoms with Crippen molar-refractivity contribution in [3.8, 4) is 0 Å². The van der Waals surface area contributed by atoms with Crippen molar-refractivity contribution in [2.45, 2.75) is 39.2 Å². The zero-order valence-corrected chi connectivity index (χ0v) is 14.5. The van der Waals surface area contributed by atoms with Gasteiger partial charge in [0.25, 0.3) is 5.91 Å². The van der Waals surface area contributed by atoms with Gasteiger partial charge in [-0.1, -0.05) is 24.1 Å². The van der Waals surface area contributed by atoms with Gasteiger partial charge < -0.3 is 10.6 Å². The monoisotopic (exact) mass is 338 g/mol. The molecule has 2 N–H and O–H groups in total. The molecular formula is C19H22N4O2. The summed E-state index contributed by atoms with van der Waals surface area (Å²) in [6.07, 6.45) is 5.49. The summed E-state index contributed by atoms with van der Waals surface area (Å²) in [5, 5.41) is 5.88. The molecule has 2 aromatic rings. The Hall–Kier alpha value is -2.76. The average Bonchev–Trinajstić information content (AvgIpc) is 3.05. The van der Waals surface area contributed by atoms with Crippen LogP contribution in [0.15, 0.2) is 36.7 Å². The lowest BCUT2D eigenvalue weighted by molar-refractivity contribution is -0.120. The van der Waals surface area contributed by atoms with Crippen molar-refractivity contribution in [3.05, 3.63) is 53.6 Å². The van der Waals surface area contributed by atoms with Crippen LogP contribution < -0.4 is 10.6 Å². The Bertz CT molecular complexity index is 756. The fraction of sp³-hybridized carbons (Fsp3) is 0.368. The maximum atomic E-state index is 12.6. The Morgan fingerprint density at radius 1 is 1.04 bits per heavy atom. The Morgan fingerprint density at radius 3 is 2.48 bits per heavy atom. The van der Waals surface area contributed by atoms with Crippen LogP contribution >= 0.6 is 0 Å². The van der Waals surface area contributed by atoms with E-state index < -0.39 is 0 Å². The van der Waals surface area contributed by atoms with Crippen LogP contribution in [0.5, 0.6) is 0 Å². The minimum absolute atomic E-state index is 0.0540. The van der Waals surface area contributed by atoms with Crippen molar-refractivity contribution >= 4 is 17.5 Å². The quantitative estimate of drug-likeness (QED) is 0.897. The molecule has 0 spiro atoms. The van der Waals surface area contributed by atoms with Crippen molar-refractivity contribution in [1.29, 1.82) is 0 Å². The van der Waals surface area contributed by atoms with Crippen LogP contribution in [0.2, 0.25) is 0 Å². The highest BCUT2D eigenvalue weighted by atomic mass is 16.2. The number of nitrogens with one attached hydrogen (secondary N) is 2. The number of aromatic nitrogens is 2. The smallest absolute Gasteiger partial charge is 0.271 e. The maximum absolute atomic E-state index is 12.6. The fourth-order valence-electron chi connectivity index (χ4n) is 3.07. The molecule has 0 radical (unpaired) electrons. The number of benzene rings is 1. The Balaban J connectivity index is 1.63. The first-order valence-corrected chi connectivity index (χ1v) is 8.50. The second kappa shape index (κ2) is 7.42. The summed E-state index contributed by atoms with van der Waals surface area (Å²) in [7, 11) is 0. The topological polar surface area (TPSA) is 84.0 Å². The molecule has 6 nitrogen and oxygen atoms in total. The summed E-state index contributed by atoms with van der Waals surface area (Å²) in [5.41, 5.74) is 2.95. The average molecular weight is 338 g/mol. The van der Waals surface area contributed by atoms with E-state index in [9.17, 15) is 9.59 Å². The van der Waals surface area contributed by atoms with E-state index in [1.807, 2.05) is 38.1 Å². The molecule has 0 aliphatic heterocycles. The van der Waals surface area contributed by atoms with Gasteiger partial charge in [0.2, 0.25) is 5.91 Å². The molecule has 25 heavy (non-hydrogen) atoms. The molecule has 3 rings (SSSR count). The highest BCUT2D eigenvalue weighted by Crippen LogP contribution is 2.27. The third kappa shape index (κ3) is 4.21. The van der Waals surface area contributed by atoms with E-state index >= 15 is 0 Å². The molecule has 0 bridgehead atoms. The lowest BCUT2D eigenvalue weighted by Crippen LogP contribution is -2.42. The van der Waals surface area contributed by atoms with E-state index in [0.717, 1.165) is 36.2 Å². The molecule has 1 heterocycles. The third-order valence-corrected chi connectivity index (χ3v) is 4.50. The van der Waals surface area contributed by atoms with E-state index in [1.54, 1.807) is 6.20 Å². The first-order valence-electron chi connectivity index (χ1n) is 8.50. The summed E-state index contributed by atoms with van der Waals surface area (Å²) in [5.74, 6) is -0.571. The van der Waals surface area contributed by atoms with Crippen LogP contribution in [0.25, 0.3) is 0 Å². The highest BCUT2D eigenvalue weighted by molar-refractivity contribution is 5.95. The molecule has 0 unspecified atom stereocenters. The van der Waals surface area contributed by atoms with Gasteiger partial charge in [0, 0.05) is 17.9 Å². The number of amides is 2. The summed E-state index contributed by atoms with van der Waals surface area (Å²) in [6, 6.07) is 7.51. The van der Waals surface area contributed by atoms with E-state index in [2.05, 4.69) is 20.6 Å². The van der Waals surface area contributed by atoms with Crippen LogP contribution in [-0.2, 0) is 4.79 Å². The van der Waals surface area contributed by atoms with Crippen LogP contribution in [-0.4, -0.2) is 27.8 Å². The van der Waals surface area contributed by atoms with Crippen molar-refractivity contribution < 1.29 is 9.59 Å². The molecule has 1 fully saturated rings. The minimum atomic E-state index is -0.285. The van der Waals surface area contributed by atoms with Gasteiger partial charge in [-0.3, -0.25) is 14.6 Å². The lowest BCUT2D eigenvalue weighted by atomic mass is 10.0. The van der Waals surface area contributed by atoms with Crippen molar-refractivity contribution in [2.24, 2.45) is 5.92 Å². The van der Waals surface area contributed by atoms with Crippen molar-refractivity contribution in [3.63, 3.8) is 0 Å².